The second-order valence-corrected chi connectivity index (χ2v) is 45.2. The Morgan fingerprint density at radius 1 is 0.216 bits per heavy atom. The highest BCUT2D eigenvalue weighted by atomic mass is 28.3. The highest BCUT2D eigenvalue weighted by Crippen LogP contribution is 2.56. The van der Waals surface area contributed by atoms with E-state index in [0.717, 1.165) is 101 Å². The highest BCUT2D eigenvalue weighted by molar-refractivity contribution is 7.20. The minimum atomic E-state index is -2.91. The number of nitrogens with zero attached hydrogens (tertiary/aromatic N) is 3. The summed E-state index contributed by atoms with van der Waals surface area (Å²) in [6, 6.07) is 142. The summed E-state index contributed by atoms with van der Waals surface area (Å²) in [6.45, 7) is 42.3. The van der Waals surface area contributed by atoms with E-state index in [9.17, 15) is 0 Å². The monoisotopic (exact) mass is 1640 g/mol. The quantitative estimate of drug-likeness (QED) is 0.0842. The van der Waals surface area contributed by atoms with E-state index in [1.54, 1.807) is 0 Å². The lowest BCUT2D eigenvalue weighted by Gasteiger charge is -2.46. The molecule has 0 N–H and O–H groups in total. The minimum Gasteiger partial charge on any atom is -0.310 e. The van der Waals surface area contributed by atoms with Gasteiger partial charge in [-0.3, -0.25) is 0 Å². The summed E-state index contributed by atoms with van der Waals surface area (Å²) in [5.74, 6) is 0. The maximum Gasteiger partial charge on any atom is 0.252 e. The van der Waals surface area contributed by atoms with Crippen LogP contribution < -0.4 is 46.9 Å². The molecule has 19 rings (SSSR count). The van der Waals surface area contributed by atoms with Crippen LogP contribution in [0.15, 0.2) is 364 Å². The van der Waals surface area contributed by atoms with E-state index in [4.69, 9.17) is 0 Å². The van der Waals surface area contributed by atoms with Crippen molar-refractivity contribution in [2.45, 2.75) is 157 Å². The molecule has 17 aromatic rings. The van der Waals surface area contributed by atoms with Gasteiger partial charge in [-0.25, -0.2) is 0 Å². The third kappa shape index (κ3) is 14.6. The average Bonchev–Trinajstić information content (AvgIpc) is 0.955. The van der Waals surface area contributed by atoms with Crippen LogP contribution in [0, 0.1) is 0 Å². The molecule has 1 aromatic heterocycles. The van der Waals surface area contributed by atoms with Crippen molar-refractivity contribution in [3.8, 4) is 72.4 Å². The van der Waals surface area contributed by atoms with Crippen LogP contribution in [-0.4, -0.2) is 19.4 Å². The summed E-state index contributed by atoms with van der Waals surface area (Å²) in [5.41, 5.74) is 34.5. The number of rotatable bonds is 13. The molecule has 125 heavy (non-hydrogen) atoms. The fourth-order valence-electron chi connectivity index (χ4n) is 19.8. The maximum absolute atomic E-state index is 2.91. The number of anilines is 6. The predicted molar refractivity (Wildman–Crippen MR) is 543 cm³/mol. The lowest BCUT2D eigenvalue weighted by molar-refractivity contribution is 0.569. The number of fused-ring (bicyclic) bond motifs is 7. The molecule has 616 valence electrons. The molecule has 0 unspecified atom stereocenters. The number of hydrogen-bond acceptors (Lipinski definition) is 2. The van der Waals surface area contributed by atoms with Gasteiger partial charge in [0.2, 0.25) is 0 Å². The summed E-state index contributed by atoms with van der Waals surface area (Å²) >= 11 is 0. The molecular formula is C120H114BN3Si. The summed E-state index contributed by atoms with van der Waals surface area (Å²) in [6.07, 6.45) is 0. The van der Waals surface area contributed by atoms with Crippen molar-refractivity contribution in [2.24, 2.45) is 0 Å². The minimum absolute atomic E-state index is 0.0860. The Bertz CT molecular complexity index is 6650. The lowest BCUT2D eigenvalue weighted by Crippen LogP contribution is -2.74. The molecule has 2 aliphatic rings. The van der Waals surface area contributed by atoms with Crippen LogP contribution in [0.4, 0.5) is 34.1 Å². The molecule has 0 saturated heterocycles. The van der Waals surface area contributed by atoms with Gasteiger partial charge in [0.15, 0.2) is 8.07 Å². The van der Waals surface area contributed by atoms with E-state index < -0.39 is 8.07 Å². The molecule has 16 aromatic carbocycles. The third-order valence-corrected chi connectivity index (χ3v) is 31.6. The molecule has 0 aliphatic carbocycles. The predicted octanol–water partition coefficient (Wildman–Crippen LogP) is 28.0. The topological polar surface area (TPSA) is 11.4 Å². The molecular weight excluding hydrogens is 1520 g/mol. The Hall–Kier alpha value is -12.8. The number of benzene rings is 16. The number of aromatic nitrogens is 1. The molecule has 0 atom stereocenters. The van der Waals surface area contributed by atoms with E-state index in [1.807, 2.05) is 0 Å². The summed E-state index contributed by atoms with van der Waals surface area (Å²) < 4.78 is 2.59. The Kier molecular flexibility index (Phi) is 20.2. The third-order valence-electron chi connectivity index (χ3n) is 26.8. The van der Waals surface area contributed by atoms with E-state index in [2.05, 4.69) is 503 Å². The van der Waals surface area contributed by atoms with Gasteiger partial charge in [0.05, 0.1) is 22.4 Å². The van der Waals surface area contributed by atoms with E-state index >= 15 is 0 Å². The van der Waals surface area contributed by atoms with Crippen LogP contribution in [0.3, 0.4) is 0 Å². The first-order chi connectivity index (χ1) is 59.8. The zero-order valence-corrected chi connectivity index (χ0v) is 77.1. The fraction of sp³-hybridized carbons (Fsp3) is 0.200. The van der Waals surface area contributed by atoms with Crippen molar-refractivity contribution in [3.05, 3.63) is 397 Å². The molecule has 0 radical (unpaired) electrons. The Balaban J connectivity index is 0.998. The molecule has 2 aliphatic heterocycles. The van der Waals surface area contributed by atoms with E-state index in [-0.39, 0.29) is 39.2 Å². The summed E-state index contributed by atoms with van der Waals surface area (Å²) in [4.78, 5) is 5.53. The van der Waals surface area contributed by atoms with Gasteiger partial charge in [-0.15, -0.1) is 0 Å². The van der Waals surface area contributed by atoms with Gasteiger partial charge in [0.1, 0.15) is 0 Å². The first-order valence-corrected chi connectivity index (χ1v) is 47.0. The summed E-state index contributed by atoms with van der Waals surface area (Å²) in [7, 11) is -2.91. The van der Waals surface area contributed by atoms with Gasteiger partial charge in [-0.1, -0.05) is 410 Å². The lowest BCUT2D eigenvalue weighted by atomic mass is 9.33. The van der Waals surface area contributed by atoms with Crippen LogP contribution in [0.25, 0.3) is 94.3 Å². The van der Waals surface area contributed by atoms with Gasteiger partial charge in [-0.05, 0) is 226 Å². The van der Waals surface area contributed by atoms with Crippen molar-refractivity contribution in [3.63, 3.8) is 0 Å². The molecule has 3 nitrogen and oxygen atoms in total. The molecule has 0 spiro atoms. The second kappa shape index (κ2) is 30.9. The Morgan fingerprint density at radius 2 is 0.544 bits per heavy atom. The maximum atomic E-state index is 2.78. The first-order valence-electron chi connectivity index (χ1n) is 45.0. The summed E-state index contributed by atoms with van der Waals surface area (Å²) in [5, 5.41) is 7.89. The normalized spacial score (nSPS) is 13.2. The van der Waals surface area contributed by atoms with Gasteiger partial charge in [0, 0.05) is 61.5 Å². The van der Waals surface area contributed by atoms with Crippen molar-refractivity contribution >= 4 is 108 Å². The smallest absolute Gasteiger partial charge is 0.252 e. The van der Waals surface area contributed by atoms with Crippen LogP contribution in [0.2, 0.25) is 0 Å². The van der Waals surface area contributed by atoms with Crippen molar-refractivity contribution < 1.29 is 0 Å². The zero-order valence-electron chi connectivity index (χ0n) is 76.1. The van der Waals surface area contributed by atoms with Crippen LogP contribution >= 0.6 is 0 Å². The molecule has 0 fully saturated rings. The van der Waals surface area contributed by atoms with Crippen molar-refractivity contribution in [2.75, 3.05) is 9.80 Å². The first kappa shape index (κ1) is 81.8. The van der Waals surface area contributed by atoms with Gasteiger partial charge in [0.25, 0.3) is 6.71 Å². The molecule has 0 bridgehead atoms. The van der Waals surface area contributed by atoms with Crippen molar-refractivity contribution in [1.29, 1.82) is 0 Å². The zero-order chi connectivity index (χ0) is 87.0. The standard InChI is InChI=1S/C120H114BN3Si/c1-115(2,3)87-57-64-106-102(72-87)103-73-88(116(4,5)6)58-65-107(103)122(106)93-59-62-104-109(78-93)124(114-100(82-44-30-21-31-45-82)76-92(120(16,17)18)77-101(114)83-46-32-22-33-47-83)111-70-86(85-66-89(117(7,8)9)71-90(67-85)118(10,11)12)69-110-112(111)121(104)105-68-84(79-54-60-97(61-55-79)125(94-48-34-23-35-49-94,95-50-36-24-37-51-95)96-52-38-25-39-53-96)56-63-108(105)123(110)113-98(80-40-26-19-27-41-80)74-91(119(13,14)15)75-99(113)81-42-28-20-29-43-81/h19-78H,1-18H3. The second-order valence-electron chi connectivity index (χ2n) is 41.4. The fourth-order valence-corrected chi connectivity index (χ4v) is 24.5. The van der Waals surface area contributed by atoms with Gasteiger partial charge in [-0.2, -0.15) is 0 Å². The average molecular weight is 1640 g/mol. The highest BCUT2D eigenvalue weighted by Gasteiger charge is 2.48. The van der Waals surface area contributed by atoms with E-state index in [1.165, 1.54) is 97.9 Å². The largest absolute Gasteiger partial charge is 0.310 e. The molecule has 0 amide bonds. The number of hydrogen-bond donors (Lipinski definition) is 0. The van der Waals surface area contributed by atoms with E-state index in [0.29, 0.717) is 0 Å². The Morgan fingerprint density at radius 3 is 0.912 bits per heavy atom. The molecule has 0 saturated carbocycles. The van der Waals surface area contributed by atoms with Crippen molar-refractivity contribution in [1.82, 2.24) is 4.57 Å². The molecule has 3 heterocycles. The van der Waals surface area contributed by atoms with Gasteiger partial charge < -0.3 is 14.4 Å². The SMILES string of the molecule is CC(C)(C)c1cc(-c2cc3c4c(c2)N(c2c(-c5ccccc5)cc(C(C)(C)C)cc2-c2ccccc2)c2cc(-n5c6ccc(C(C)(C)C)cc6c6cc(C(C)(C)C)ccc65)ccc2B4c2cc(-c4ccc([Si](c5ccccc5)(c5ccccc5)c5ccccc5)cc4)ccc2N3c2c(-c3ccccc3)cc(C(C)(C)C)cc2-c2ccccc2)cc(C(C)(C)C)c1. The molecule has 5 heteroatoms. The van der Waals surface area contributed by atoms with Crippen LogP contribution in [-0.2, 0) is 32.5 Å². The van der Waals surface area contributed by atoms with Crippen LogP contribution in [0.1, 0.15) is 158 Å². The van der Waals surface area contributed by atoms with Gasteiger partial charge >= 0.3 is 0 Å². The van der Waals surface area contributed by atoms with Crippen LogP contribution in [0.5, 0.6) is 0 Å². The Labute approximate surface area is 743 Å².